The second kappa shape index (κ2) is 5.26. The molecule has 0 atom stereocenters. The molecule has 17 heavy (non-hydrogen) atoms. The predicted molar refractivity (Wildman–Crippen MR) is 71.3 cm³/mol. The van der Waals surface area contributed by atoms with E-state index in [9.17, 15) is 8.42 Å². The molecule has 1 saturated heterocycles. The standard InChI is InChI=1S/C11H16ClNO2S2/c1-2-10-3-4-11(16-10)17(14,15)13-7-5-9(12)6-8-13/h3-4,9H,2,5-8H2,1H3. The van der Waals surface area contributed by atoms with E-state index in [1.165, 1.54) is 11.3 Å². The van der Waals surface area contributed by atoms with Crippen molar-refractivity contribution in [1.29, 1.82) is 0 Å². The van der Waals surface area contributed by atoms with Crippen molar-refractivity contribution >= 4 is 33.0 Å². The Balaban J connectivity index is 2.18. The number of hydrogen-bond acceptors (Lipinski definition) is 3. The fraction of sp³-hybridized carbons (Fsp3) is 0.636. The summed E-state index contributed by atoms with van der Waals surface area (Å²) >= 11 is 7.36. The van der Waals surface area contributed by atoms with Crippen LogP contribution in [0.25, 0.3) is 0 Å². The zero-order valence-corrected chi connectivity index (χ0v) is 12.1. The van der Waals surface area contributed by atoms with Gasteiger partial charge in [0.2, 0.25) is 0 Å². The highest BCUT2D eigenvalue weighted by Crippen LogP contribution is 2.28. The maximum absolute atomic E-state index is 12.3. The van der Waals surface area contributed by atoms with Crippen molar-refractivity contribution in [2.45, 2.75) is 35.8 Å². The van der Waals surface area contributed by atoms with Gasteiger partial charge >= 0.3 is 0 Å². The highest BCUT2D eigenvalue weighted by molar-refractivity contribution is 7.91. The summed E-state index contributed by atoms with van der Waals surface area (Å²) in [6, 6.07) is 3.61. The fourth-order valence-electron chi connectivity index (χ4n) is 1.88. The molecular weight excluding hydrogens is 278 g/mol. The summed E-state index contributed by atoms with van der Waals surface area (Å²) in [6.07, 6.45) is 2.36. The SMILES string of the molecule is CCc1ccc(S(=O)(=O)N2CCC(Cl)CC2)s1. The smallest absolute Gasteiger partial charge is 0.206 e. The summed E-state index contributed by atoms with van der Waals surface area (Å²) in [5.74, 6) is 0. The van der Waals surface area contributed by atoms with E-state index in [2.05, 4.69) is 0 Å². The minimum Gasteiger partial charge on any atom is -0.206 e. The van der Waals surface area contributed by atoms with Crippen LogP contribution < -0.4 is 0 Å². The van der Waals surface area contributed by atoms with Gasteiger partial charge in [-0.1, -0.05) is 6.92 Å². The molecule has 0 unspecified atom stereocenters. The van der Waals surface area contributed by atoms with Gasteiger partial charge < -0.3 is 0 Å². The molecule has 0 spiro atoms. The molecule has 3 nitrogen and oxygen atoms in total. The van der Waals surface area contributed by atoms with E-state index in [0.29, 0.717) is 17.3 Å². The van der Waals surface area contributed by atoms with Crippen LogP contribution in [0, 0.1) is 0 Å². The molecule has 96 valence electrons. The Labute approximate surface area is 111 Å². The highest BCUT2D eigenvalue weighted by Gasteiger charge is 2.29. The fourth-order valence-corrected chi connectivity index (χ4v) is 4.99. The summed E-state index contributed by atoms with van der Waals surface area (Å²) in [5, 5.41) is 0.121. The van der Waals surface area contributed by atoms with Gasteiger partial charge in [0.1, 0.15) is 4.21 Å². The minimum absolute atomic E-state index is 0.121. The number of sulfonamides is 1. The summed E-state index contributed by atoms with van der Waals surface area (Å²) in [5.41, 5.74) is 0. The van der Waals surface area contributed by atoms with Crippen molar-refractivity contribution in [2.75, 3.05) is 13.1 Å². The van der Waals surface area contributed by atoms with Gasteiger partial charge in [0.05, 0.1) is 0 Å². The summed E-state index contributed by atoms with van der Waals surface area (Å²) in [7, 11) is -3.28. The molecule has 1 aliphatic rings. The van der Waals surface area contributed by atoms with Crippen LogP contribution in [0.4, 0.5) is 0 Å². The molecule has 2 heterocycles. The van der Waals surface area contributed by atoms with Gasteiger partial charge in [0, 0.05) is 23.3 Å². The van der Waals surface area contributed by atoms with Crippen molar-refractivity contribution in [2.24, 2.45) is 0 Å². The Morgan fingerprint density at radius 2 is 2.06 bits per heavy atom. The molecule has 0 amide bonds. The first-order valence-corrected chi connectivity index (χ1v) is 8.46. The van der Waals surface area contributed by atoms with Crippen molar-refractivity contribution in [3.8, 4) is 0 Å². The topological polar surface area (TPSA) is 37.4 Å². The number of nitrogens with zero attached hydrogens (tertiary/aromatic N) is 1. The normalized spacial score (nSPS) is 19.6. The molecule has 2 rings (SSSR count). The van der Waals surface area contributed by atoms with Gasteiger partial charge in [-0.05, 0) is 31.4 Å². The summed E-state index contributed by atoms with van der Waals surface area (Å²) in [6.45, 7) is 3.10. The van der Waals surface area contributed by atoms with Gasteiger partial charge in [-0.2, -0.15) is 4.31 Å². The van der Waals surface area contributed by atoms with Gasteiger partial charge in [0.15, 0.2) is 0 Å². The number of rotatable bonds is 3. The molecule has 1 aliphatic heterocycles. The lowest BCUT2D eigenvalue weighted by Gasteiger charge is -2.27. The monoisotopic (exact) mass is 293 g/mol. The molecule has 0 aliphatic carbocycles. The molecule has 1 fully saturated rings. The van der Waals surface area contributed by atoms with E-state index in [-0.39, 0.29) is 5.38 Å². The third kappa shape index (κ3) is 2.84. The van der Waals surface area contributed by atoms with E-state index in [0.717, 1.165) is 24.1 Å². The average molecular weight is 294 g/mol. The van der Waals surface area contributed by atoms with E-state index in [1.54, 1.807) is 10.4 Å². The number of piperidine rings is 1. The lowest BCUT2D eigenvalue weighted by Crippen LogP contribution is -2.38. The molecule has 6 heteroatoms. The maximum Gasteiger partial charge on any atom is 0.252 e. The van der Waals surface area contributed by atoms with Crippen molar-refractivity contribution in [1.82, 2.24) is 4.31 Å². The Kier molecular flexibility index (Phi) is 4.13. The molecule has 0 saturated carbocycles. The van der Waals surface area contributed by atoms with Crippen molar-refractivity contribution in [3.05, 3.63) is 17.0 Å². The first kappa shape index (κ1) is 13.3. The third-order valence-electron chi connectivity index (χ3n) is 2.96. The zero-order chi connectivity index (χ0) is 12.5. The minimum atomic E-state index is -3.28. The largest absolute Gasteiger partial charge is 0.252 e. The third-order valence-corrected chi connectivity index (χ3v) is 7.00. The zero-order valence-electron chi connectivity index (χ0n) is 9.73. The van der Waals surface area contributed by atoms with Crippen molar-refractivity contribution < 1.29 is 8.42 Å². The number of halogens is 1. The van der Waals surface area contributed by atoms with Crippen LogP contribution in [-0.4, -0.2) is 31.2 Å². The predicted octanol–water partition coefficient (Wildman–Crippen LogP) is 2.70. The van der Waals surface area contributed by atoms with Crippen LogP contribution in [0.5, 0.6) is 0 Å². The number of hydrogen-bond donors (Lipinski definition) is 0. The first-order chi connectivity index (χ1) is 8.04. The molecule has 0 aromatic carbocycles. The molecule has 0 N–H and O–H groups in total. The Morgan fingerprint density at radius 3 is 2.59 bits per heavy atom. The van der Waals surface area contributed by atoms with Crippen LogP contribution in [0.15, 0.2) is 16.3 Å². The molecule has 0 bridgehead atoms. The molecular formula is C11H16ClNO2S2. The number of thiophene rings is 1. The lowest BCUT2D eigenvalue weighted by molar-refractivity contribution is 0.351. The van der Waals surface area contributed by atoms with E-state index in [1.807, 2.05) is 13.0 Å². The molecule has 1 aromatic rings. The Hall–Kier alpha value is -0.100. The lowest BCUT2D eigenvalue weighted by atomic mass is 10.2. The van der Waals surface area contributed by atoms with Crippen LogP contribution in [0.2, 0.25) is 0 Å². The average Bonchev–Trinajstić information content (AvgIpc) is 2.78. The van der Waals surface area contributed by atoms with Gasteiger partial charge in [-0.3, -0.25) is 0 Å². The van der Waals surface area contributed by atoms with E-state index in [4.69, 9.17) is 11.6 Å². The van der Waals surface area contributed by atoms with Crippen molar-refractivity contribution in [3.63, 3.8) is 0 Å². The van der Waals surface area contributed by atoms with Gasteiger partial charge in [-0.25, -0.2) is 8.42 Å². The molecule has 0 radical (unpaired) electrons. The van der Waals surface area contributed by atoms with Gasteiger partial charge in [-0.15, -0.1) is 22.9 Å². The number of aryl methyl sites for hydroxylation is 1. The van der Waals surface area contributed by atoms with Crippen LogP contribution in [0.3, 0.4) is 0 Å². The second-order valence-corrected chi connectivity index (χ2v) is 8.10. The molecule has 1 aromatic heterocycles. The summed E-state index contributed by atoms with van der Waals surface area (Å²) < 4.78 is 26.6. The quantitative estimate of drug-likeness (QED) is 0.804. The maximum atomic E-state index is 12.3. The van der Waals surface area contributed by atoms with Crippen LogP contribution >= 0.6 is 22.9 Å². The number of alkyl halides is 1. The van der Waals surface area contributed by atoms with E-state index < -0.39 is 10.0 Å². The summed E-state index contributed by atoms with van der Waals surface area (Å²) in [4.78, 5) is 1.11. The van der Waals surface area contributed by atoms with E-state index >= 15 is 0 Å². The van der Waals surface area contributed by atoms with Gasteiger partial charge in [0.25, 0.3) is 10.0 Å². The van der Waals surface area contributed by atoms with Crippen LogP contribution in [0.1, 0.15) is 24.6 Å². The van der Waals surface area contributed by atoms with Crippen LogP contribution in [-0.2, 0) is 16.4 Å². The highest BCUT2D eigenvalue weighted by atomic mass is 35.5. The first-order valence-electron chi connectivity index (χ1n) is 5.77. The Morgan fingerprint density at radius 1 is 1.41 bits per heavy atom. The Bertz CT molecular complexity index is 475. The second-order valence-electron chi connectivity index (χ2n) is 4.15.